The zero-order valence-corrected chi connectivity index (χ0v) is 28.7. The molecule has 0 unspecified atom stereocenters. The van der Waals surface area contributed by atoms with E-state index < -0.39 is 0 Å². The van der Waals surface area contributed by atoms with Crippen molar-refractivity contribution in [2.24, 2.45) is 0 Å². The Morgan fingerprint density at radius 2 is 1.33 bits per heavy atom. The molecule has 0 fully saturated rings. The first-order valence-corrected chi connectivity index (χ1v) is 15.1. The zero-order valence-electron chi connectivity index (χ0n) is 26.4. The van der Waals surface area contributed by atoms with E-state index in [4.69, 9.17) is 0 Å². The molecule has 7 rings (SSSR count). The molecule has 0 aliphatic rings. The second kappa shape index (κ2) is 13.7. The Morgan fingerprint density at radius 1 is 0.600 bits per heavy atom. The molecule has 2 heterocycles. The Balaban J connectivity index is 0.000000225. The van der Waals surface area contributed by atoms with Gasteiger partial charge in [0.05, 0.1) is 0 Å². The van der Waals surface area contributed by atoms with Gasteiger partial charge in [-0.25, -0.2) is 0 Å². The van der Waals surface area contributed by atoms with Crippen molar-refractivity contribution in [3.8, 4) is 33.6 Å². The van der Waals surface area contributed by atoms with Crippen molar-refractivity contribution in [2.75, 3.05) is 0 Å². The van der Waals surface area contributed by atoms with Gasteiger partial charge < -0.3 is 9.97 Å². The van der Waals surface area contributed by atoms with Crippen molar-refractivity contribution in [1.82, 2.24) is 9.97 Å². The molecule has 0 atom stereocenters. The van der Waals surface area contributed by atoms with E-state index in [2.05, 4.69) is 141 Å². The third kappa shape index (κ3) is 7.28. The monoisotopic (exact) mass is 761 g/mol. The van der Waals surface area contributed by atoms with Gasteiger partial charge in [0.1, 0.15) is 0 Å². The number of hydrogen-bond donors (Lipinski definition) is 0. The molecule has 0 amide bonds. The van der Waals surface area contributed by atoms with Crippen molar-refractivity contribution < 1.29 is 20.1 Å². The average molecular weight is 761 g/mol. The number of pyridine rings is 2. The number of nitrogens with zero attached hydrogens (tertiary/aromatic N) is 2. The largest absolute Gasteiger partial charge is 0.305 e. The number of benzene rings is 5. The number of rotatable bonds is 3. The van der Waals surface area contributed by atoms with Crippen LogP contribution in [-0.2, 0) is 25.5 Å². The molecule has 0 spiro atoms. The molecule has 5 aromatic carbocycles. The summed E-state index contributed by atoms with van der Waals surface area (Å²) in [6, 6.07) is 47.0. The number of fused-ring (bicyclic) bond motifs is 3. The van der Waals surface area contributed by atoms with Crippen LogP contribution in [0.4, 0.5) is 0 Å². The number of hydrogen-bond acceptors (Lipinski definition) is 2. The van der Waals surface area contributed by atoms with Crippen molar-refractivity contribution in [1.29, 1.82) is 0 Å². The normalized spacial score (nSPS) is 11.0. The first-order chi connectivity index (χ1) is 21.3. The van der Waals surface area contributed by atoms with Gasteiger partial charge in [0.2, 0.25) is 0 Å². The third-order valence-electron chi connectivity index (χ3n) is 7.94. The first kappa shape index (κ1) is 32.0. The molecule has 0 saturated carbocycles. The minimum atomic E-state index is 0. The Kier molecular flexibility index (Phi) is 9.73. The minimum absolute atomic E-state index is 0. The summed E-state index contributed by atoms with van der Waals surface area (Å²) in [5.74, 6) is 0. The van der Waals surface area contributed by atoms with Crippen LogP contribution in [0.5, 0.6) is 0 Å². The standard InChI is InChI=1S/C29H24N.C13H12N.Ir/c1-29(2,3)23-15-16-30-28(19-23)22-11-8-10-20(17-22)27-18-21-9-4-5-12-24(21)25-13-6-7-14-26(25)27;1-10-3-6-12(7-4-10)13-8-5-11(2)9-14-13;/h4-10,12-19H,1-3H3;3-6,8-9H,1-2H3;/q2*-1;. The van der Waals surface area contributed by atoms with Crippen molar-refractivity contribution >= 4 is 21.5 Å². The van der Waals surface area contributed by atoms with Crippen LogP contribution in [0.3, 0.4) is 0 Å². The van der Waals surface area contributed by atoms with Gasteiger partial charge in [-0.15, -0.1) is 70.8 Å². The summed E-state index contributed by atoms with van der Waals surface area (Å²) < 4.78 is 0. The molecular formula is C42H36IrN2-2. The van der Waals surface area contributed by atoms with Crippen LogP contribution in [0.15, 0.2) is 128 Å². The second-order valence-corrected chi connectivity index (χ2v) is 12.4. The van der Waals surface area contributed by atoms with Crippen molar-refractivity contribution in [3.05, 3.63) is 156 Å². The van der Waals surface area contributed by atoms with E-state index in [1.165, 1.54) is 49.4 Å². The molecule has 2 aromatic heterocycles. The third-order valence-corrected chi connectivity index (χ3v) is 7.94. The van der Waals surface area contributed by atoms with E-state index in [1.807, 2.05) is 43.6 Å². The van der Waals surface area contributed by atoms with Gasteiger partial charge >= 0.3 is 0 Å². The Bertz CT molecular complexity index is 2010. The minimum Gasteiger partial charge on any atom is -0.305 e. The van der Waals surface area contributed by atoms with E-state index in [-0.39, 0.29) is 25.5 Å². The molecule has 225 valence electrons. The van der Waals surface area contributed by atoms with E-state index in [1.54, 1.807) is 0 Å². The van der Waals surface area contributed by atoms with E-state index >= 15 is 0 Å². The van der Waals surface area contributed by atoms with E-state index in [0.29, 0.717) is 0 Å². The fourth-order valence-corrected chi connectivity index (χ4v) is 5.41. The summed E-state index contributed by atoms with van der Waals surface area (Å²) in [7, 11) is 0. The fourth-order valence-electron chi connectivity index (χ4n) is 5.41. The predicted molar refractivity (Wildman–Crippen MR) is 186 cm³/mol. The van der Waals surface area contributed by atoms with Crippen LogP contribution in [0.25, 0.3) is 55.2 Å². The molecule has 0 N–H and O–H groups in total. The SMILES string of the molecule is CC(C)(C)c1ccnc(-c2[c-]ccc(-c3cc4ccccc4c4ccccc34)c2)c1.Cc1c[c-]c(-c2ccc(C)cn2)cc1.[Ir]. The fraction of sp³-hybridized carbons (Fsp3) is 0.143. The van der Waals surface area contributed by atoms with Gasteiger partial charge in [0.25, 0.3) is 0 Å². The molecule has 0 saturated heterocycles. The molecule has 45 heavy (non-hydrogen) atoms. The molecular weight excluding hydrogens is 725 g/mol. The van der Waals surface area contributed by atoms with Gasteiger partial charge in [-0.3, -0.25) is 0 Å². The average Bonchev–Trinajstić information content (AvgIpc) is 3.05. The quantitative estimate of drug-likeness (QED) is 0.132. The summed E-state index contributed by atoms with van der Waals surface area (Å²) in [6.07, 6.45) is 3.78. The smallest absolute Gasteiger partial charge is 0.0190 e. The Morgan fingerprint density at radius 3 is 2.04 bits per heavy atom. The number of aryl methyl sites for hydroxylation is 2. The maximum atomic E-state index is 4.64. The molecule has 2 nitrogen and oxygen atoms in total. The van der Waals surface area contributed by atoms with Crippen LogP contribution in [-0.4, -0.2) is 9.97 Å². The zero-order chi connectivity index (χ0) is 30.7. The summed E-state index contributed by atoms with van der Waals surface area (Å²) in [6.45, 7) is 10.8. The van der Waals surface area contributed by atoms with Crippen LogP contribution >= 0.6 is 0 Å². The van der Waals surface area contributed by atoms with Crippen LogP contribution < -0.4 is 0 Å². The predicted octanol–water partition coefficient (Wildman–Crippen LogP) is 11.0. The van der Waals surface area contributed by atoms with Gasteiger partial charge in [0.15, 0.2) is 0 Å². The molecule has 0 aliphatic heterocycles. The first-order valence-electron chi connectivity index (χ1n) is 15.1. The maximum absolute atomic E-state index is 4.64. The van der Waals surface area contributed by atoms with Gasteiger partial charge in [0, 0.05) is 32.5 Å². The van der Waals surface area contributed by atoms with Crippen LogP contribution in [0.2, 0.25) is 0 Å². The molecule has 1 radical (unpaired) electrons. The van der Waals surface area contributed by atoms with Gasteiger partial charge in [-0.2, -0.15) is 0 Å². The number of aromatic nitrogens is 2. The second-order valence-electron chi connectivity index (χ2n) is 12.4. The summed E-state index contributed by atoms with van der Waals surface area (Å²) >= 11 is 0. The Hall–Kier alpha value is -4.43. The molecule has 7 aromatic rings. The van der Waals surface area contributed by atoms with Crippen molar-refractivity contribution in [2.45, 2.75) is 40.0 Å². The van der Waals surface area contributed by atoms with Crippen LogP contribution in [0, 0.1) is 26.0 Å². The Labute approximate surface area is 280 Å². The van der Waals surface area contributed by atoms with Crippen LogP contribution in [0.1, 0.15) is 37.5 Å². The molecule has 0 aliphatic carbocycles. The van der Waals surface area contributed by atoms with E-state index in [9.17, 15) is 0 Å². The van der Waals surface area contributed by atoms with Crippen molar-refractivity contribution in [3.63, 3.8) is 0 Å². The maximum Gasteiger partial charge on any atom is 0.0190 e. The van der Waals surface area contributed by atoms with E-state index in [0.717, 1.165) is 22.5 Å². The van der Waals surface area contributed by atoms with Gasteiger partial charge in [-0.1, -0.05) is 94.4 Å². The summed E-state index contributed by atoms with van der Waals surface area (Å²) in [5.41, 5.74) is 10.2. The topological polar surface area (TPSA) is 25.8 Å². The summed E-state index contributed by atoms with van der Waals surface area (Å²) in [4.78, 5) is 8.99. The summed E-state index contributed by atoms with van der Waals surface area (Å²) in [5, 5.41) is 5.10. The molecule has 3 heteroatoms. The molecule has 0 bridgehead atoms. The van der Waals surface area contributed by atoms with Gasteiger partial charge in [-0.05, 0) is 74.1 Å².